The Labute approximate surface area is 150 Å². The van der Waals surface area contributed by atoms with Gasteiger partial charge in [-0.1, -0.05) is 0 Å². The molecule has 1 aliphatic heterocycles. The van der Waals surface area contributed by atoms with Crippen LogP contribution in [0.2, 0.25) is 0 Å². The molecule has 0 bridgehead atoms. The van der Waals surface area contributed by atoms with Gasteiger partial charge in [-0.15, -0.1) is 11.3 Å². The van der Waals surface area contributed by atoms with E-state index in [4.69, 9.17) is 0 Å². The molecular formula is C17H23BrN4S. The number of benzene rings is 1. The number of anilines is 2. The van der Waals surface area contributed by atoms with Gasteiger partial charge in [0.05, 0.1) is 0 Å². The van der Waals surface area contributed by atoms with E-state index < -0.39 is 0 Å². The molecule has 1 N–H and O–H groups in total. The maximum Gasteiger partial charge on any atom is 0.159 e. The van der Waals surface area contributed by atoms with Gasteiger partial charge in [0, 0.05) is 62.2 Å². The van der Waals surface area contributed by atoms with Gasteiger partial charge in [-0.25, -0.2) is 4.98 Å². The maximum atomic E-state index is 4.24. The summed E-state index contributed by atoms with van der Waals surface area (Å²) in [6.45, 7) is 3.15. The Morgan fingerprint density at radius 2 is 1.96 bits per heavy atom. The predicted octanol–water partition coefficient (Wildman–Crippen LogP) is 3.73. The number of thiazole rings is 1. The highest BCUT2D eigenvalue weighted by molar-refractivity contribution is 9.11. The van der Waals surface area contributed by atoms with Crippen molar-refractivity contribution in [2.24, 2.45) is 0 Å². The number of nitrogens with one attached hydrogen (secondary N) is 1. The first-order valence-corrected chi connectivity index (χ1v) is 9.58. The van der Waals surface area contributed by atoms with Gasteiger partial charge in [-0.2, -0.15) is 0 Å². The Balaban J connectivity index is 1.48. The van der Waals surface area contributed by atoms with E-state index >= 15 is 0 Å². The first-order chi connectivity index (χ1) is 11.1. The molecule has 2 aromatic rings. The molecule has 124 valence electrons. The highest BCUT2D eigenvalue weighted by Crippen LogP contribution is 2.23. The van der Waals surface area contributed by atoms with Crippen molar-refractivity contribution >= 4 is 38.6 Å². The minimum absolute atomic E-state index is 0.605. The lowest BCUT2D eigenvalue weighted by atomic mass is 10.0. The molecule has 0 amide bonds. The van der Waals surface area contributed by atoms with E-state index in [-0.39, 0.29) is 0 Å². The van der Waals surface area contributed by atoms with Crippen molar-refractivity contribution in [3.63, 3.8) is 0 Å². The third-order valence-electron chi connectivity index (χ3n) is 4.32. The van der Waals surface area contributed by atoms with Crippen molar-refractivity contribution in [1.29, 1.82) is 0 Å². The molecule has 3 rings (SSSR count). The fourth-order valence-electron chi connectivity index (χ4n) is 2.91. The number of hydrogen-bond acceptors (Lipinski definition) is 5. The number of piperidine rings is 1. The van der Waals surface area contributed by atoms with E-state index in [1.165, 1.54) is 29.1 Å². The predicted molar refractivity (Wildman–Crippen MR) is 103 cm³/mol. The van der Waals surface area contributed by atoms with Gasteiger partial charge in [0.2, 0.25) is 0 Å². The van der Waals surface area contributed by atoms with Crippen molar-refractivity contribution in [2.75, 3.05) is 37.0 Å². The molecule has 0 atom stereocenters. The van der Waals surface area contributed by atoms with Gasteiger partial charge in [0.15, 0.2) is 3.92 Å². The molecule has 1 saturated heterocycles. The lowest BCUT2D eigenvalue weighted by molar-refractivity contribution is 0.415. The summed E-state index contributed by atoms with van der Waals surface area (Å²) in [6.07, 6.45) is 4.33. The number of nitrogens with zero attached hydrogens (tertiary/aromatic N) is 3. The summed E-state index contributed by atoms with van der Waals surface area (Å²) in [5.74, 6) is 0. The summed E-state index contributed by atoms with van der Waals surface area (Å²) in [5, 5.41) is 3.66. The van der Waals surface area contributed by atoms with Gasteiger partial charge < -0.3 is 15.1 Å². The maximum absolute atomic E-state index is 4.24. The van der Waals surface area contributed by atoms with Crippen LogP contribution in [0, 0.1) is 0 Å². The summed E-state index contributed by atoms with van der Waals surface area (Å²) in [6, 6.07) is 9.46. The van der Waals surface area contributed by atoms with E-state index in [1.54, 1.807) is 11.3 Å². The average molecular weight is 395 g/mol. The van der Waals surface area contributed by atoms with Crippen molar-refractivity contribution in [3.05, 3.63) is 39.3 Å². The van der Waals surface area contributed by atoms with Crippen molar-refractivity contribution in [3.8, 4) is 0 Å². The number of halogens is 1. The van der Waals surface area contributed by atoms with E-state index in [1.807, 2.05) is 6.20 Å². The zero-order valence-corrected chi connectivity index (χ0v) is 16.0. The van der Waals surface area contributed by atoms with E-state index in [2.05, 4.69) is 74.4 Å². The van der Waals surface area contributed by atoms with Crippen molar-refractivity contribution in [2.45, 2.75) is 25.4 Å². The lowest BCUT2D eigenvalue weighted by Gasteiger charge is -2.34. The molecule has 0 unspecified atom stereocenters. The molecule has 0 aliphatic carbocycles. The summed E-state index contributed by atoms with van der Waals surface area (Å²) < 4.78 is 0.963. The minimum Gasteiger partial charge on any atom is -0.378 e. The van der Waals surface area contributed by atoms with Gasteiger partial charge >= 0.3 is 0 Å². The first kappa shape index (κ1) is 16.7. The molecular weight excluding hydrogens is 372 g/mol. The molecule has 23 heavy (non-hydrogen) atoms. The largest absolute Gasteiger partial charge is 0.378 e. The monoisotopic (exact) mass is 394 g/mol. The number of aromatic nitrogens is 1. The van der Waals surface area contributed by atoms with Crippen LogP contribution in [0.3, 0.4) is 0 Å². The summed E-state index contributed by atoms with van der Waals surface area (Å²) in [4.78, 5) is 10.1. The van der Waals surface area contributed by atoms with Crippen LogP contribution in [-0.2, 0) is 6.54 Å². The smallest absolute Gasteiger partial charge is 0.159 e. The van der Waals surface area contributed by atoms with Gasteiger partial charge in [0.25, 0.3) is 0 Å². The second-order valence-corrected chi connectivity index (χ2v) is 8.52. The average Bonchev–Trinajstić information content (AvgIpc) is 2.99. The van der Waals surface area contributed by atoms with E-state index in [9.17, 15) is 0 Å². The van der Waals surface area contributed by atoms with Crippen molar-refractivity contribution < 1.29 is 0 Å². The summed E-state index contributed by atoms with van der Waals surface area (Å²) >= 11 is 5.12. The Kier molecular flexibility index (Phi) is 5.56. The topological polar surface area (TPSA) is 31.4 Å². The van der Waals surface area contributed by atoms with E-state index in [0.717, 1.165) is 23.6 Å². The fraction of sp³-hybridized carbons (Fsp3) is 0.471. The standard InChI is InChI=1S/C17H23BrN4S/c1-21(2)14-3-5-15(6-4-14)22-9-7-13(8-10-22)19-11-16-12-20-17(18)23-16/h3-6,12-13,19H,7-11H2,1-2H3. The zero-order valence-electron chi connectivity index (χ0n) is 13.6. The van der Waals surface area contributed by atoms with Crippen LogP contribution >= 0.6 is 27.3 Å². The second-order valence-electron chi connectivity index (χ2n) is 6.13. The number of hydrogen-bond donors (Lipinski definition) is 1. The van der Waals surface area contributed by atoms with Crippen LogP contribution < -0.4 is 15.1 Å². The number of rotatable bonds is 5. The highest BCUT2D eigenvalue weighted by Gasteiger charge is 2.19. The van der Waals surface area contributed by atoms with Crippen LogP contribution in [0.15, 0.2) is 34.4 Å². The Morgan fingerprint density at radius 1 is 1.26 bits per heavy atom. The molecule has 0 spiro atoms. The van der Waals surface area contributed by atoms with Crippen LogP contribution in [0.4, 0.5) is 11.4 Å². The third-order valence-corrected chi connectivity index (χ3v) is 5.79. The van der Waals surface area contributed by atoms with Gasteiger partial charge in [-0.3, -0.25) is 0 Å². The lowest BCUT2D eigenvalue weighted by Crippen LogP contribution is -2.42. The third kappa shape index (κ3) is 4.46. The van der Waals surface area contributed by atoms with Crippen LogP contribution in [0.1, 0.15) is 17.7 Å². The molecule has 1 fully saturated rings. The summed E-state index contributed by atoms with van der Waals surface area (Å²) in [7, 11) is 4.15. The first-order valence-electron chi connectivity index (χ1n) is 7.98. The molecule has 1 aromatic carbocycles. The molecule has 4 nitrogen and oxygen atoms in total. The zero-order chi connectivity index (χ0) is 16.2. The normalized spacial score (nSPS) is 15.9. The van der Waals surface area contributed by atoms with Crippen LogP contribution in [-0.4, -0.2) is 38.2 Å². The Morgan fingerprint density at radius 3 is 2.52 bits per heavy atom. The molecule has 0 radical (unpaired) electrons. The highest BCUT2D eigenvalue weighted by atomic mass is 79.9. The van der Waals surface area contributed by atoms with E-state index in [0.29, 0.717) is 6.04 Å². The molecule has 0 saturated carbocycles. The molecule has 1 aliphatic rings. The van der Waals surface area contributed by atoms with Gasteiger partial charge in [0.1, 0.15) is 0 Å². The quantitative estimate of drug-likeness (QED) is 0.836. The molecule has 2 heterocycles. The second kappa shape index (κ2) is 7.64. The fourth-order valence-corrected chi connectivity index (χ4v) is 4.22. The Bertz CT molecular complexity index is 618. The summed E-state index contributed by atoms with van der Waals surface area (Å²) in [5.41, 5.74) is 2.58. The molecule has 6 heteroatoms. The SMILES string of the molecule is CN(C)c1ccc(N2CCC(NCc3cnc(Br)s3)CC2)cc1. The van der Waals surface area contributed by atoms with Gasteiger partial charge in [-0.05, 0) is 53.0 Å². The van der Waals surface area contributed by atoms with Crippen LogP contribution in [0.25, 0.3) is 0 Å². The minimum atomic E-state index is 0.605. The van der Waals surface area contributed by atoms with Crippen molar-refractivity contribution in [1.82, 2.24) is 10.3 Å². The Hall–Kier alpha value is -1.11. The molecule has 1 aromatic heterocycles. The van der Waals surface area contributed by atoms with Crippen LogP contribution in [0.5, 0.6) is 0 Å².